The van der Waals surface area contributed by atoms with Crippen molar-refractivity contribution in [1.82, 2.24) is 0 Å². The number of hydrogen-bond donors (Lipinski definition) is 2. The quantitative estimate of drug-likeness (QED) is 0.644. The van der Waals surface area contributed by atoms with E-state index in [4.69, 9.17) is 9.47 Å². The van der Waals surface area contributed by atoms with Crippen molar-refractivity contribution in [3.05, 3.63) is 58.7 Å². The van der Waals surface area contributed by atoms with Gasteiger partial charge in [-0.1, -0.05) is 6.07 Å². The van der Waals surface area contributed by atoms with Crippen LogP contribution in [0.4, 0.5) is 0 Å². The first-order chi connectivity index (χ1) is 12.5. The number of rotatable bonds is 4. The van der Waals surface area contributed by atoms with E-state index >= 15 is 0 Å². The molecular weight excluding hydrogens is 332 g/mol. The zero-order valence-corrected chi connectivity index (χ0v) is 14.7. The highest BCUT2D eigenvalue weighted by Gasteiger charge is 2.23. The second-order valence-electron chi connectivity index (χ2n) is 6.06. The average Bonchev–Trinajstić information content (AvgIpc) is 2.97. The van der Waals surface area contributed by atoms with Crippen LogP contribution in [0.3, 0.4) is 0 Å². The predicted molar refractivity (Wildman–Crippen MR) is 99.5 cm³/mol. The van der Waals surface area contributed by atoms with E-state index in [9.17, 15) is 15.0 Å². The third-order valence-corrected chi connectivity index (χ3v) is 4.30. The molecule has 0 aliphatic heterocycles. The minimum atomic E-state index is -0.205. The highest BCUT2D eigenvalue weighted by Crippen LogP contribution is 2.32. The third-order valence-electron chi connectivity index (χ3n) is 4.30. The predicted octanol–water partition coefficient (Wildman–Crippen LogP) is 3.94. The Bertz CT molecular complexity index is 886. The molecule has 0 spiro atoms. The molecule has 0 saturated heterocycles. The fraction of sp³-hybridized carbons (Fsp3) is 0.190. The number of ether oxygens (including phenoxy) is 2. The molecule has 134 valence electrons. The van der Waals surface area contributed by atoms with Crippen molar-refractivity contribution in [1.29, 1.82) is 0 Å². The Morgan fingerprint density at radius 3 is 1.92 bits per heavy atom. The fourth-order valence-corrected chi connectivity index (χ4v) is 2.92. The van der Waals surface area contributed by atoms with Crippen molar-refractivity contribution in [2.45, 2.75) is 12.8 Å². The van der Waals surface area contributed by atoms with Gasteiger partial charge in [-0.15, -0.1) is 0 Å². The number of allylic oxidation sites excluding steroid dienone is 2. The molecule has 0 unspecified atom stereocenters. The molecule has 1 aliphatic rings. The van der Waals surface area contributed by atoms with E-state index in [1.54, 1.807) is 32.4 Å². The Morgan fingerprint density at radius 1 is 0.808 bits per heavy atom. The van der Waals surface area contributed by atoms with Crippen molar-refractivity contribution >= 4 is 17.9 Å². The van der Waals surface area contributed by atoms with Crippen LogP contribution in [-0.4, -0.2) is 30.2 Å². The standard InChI is InChI=1S/C21H20O5/c1-25-17-9-14(10-18(12-17)26-2)8-16-5-4-15(21(16)24)7-13-3-6-19(22)20(23)11-13/h3,6-12,22-23H,4-5H2,1-2H3/b15-7+,16-8?. The van der Waals surface area contributed by atoms with Crippen LogP contribution in [0.1, 0.15) is 24.0 Å². The van der Waals surface area contributed by atoms with E-state index in [0.717, 1.165) is 11.1 Å². The summed E-state index contributed by atoms with van der Waals surface area (Å²) in [6.07, 6.45) is 4.87. The molecule has 1 aliphatic carbocycles. The van der Waals surface area contributed by atoms with Crippen LogP contribution >= 0.6 is 0 Å². The van der Waals surface area contributed by atoms with Gasteiger partial charge in [0, 0.05) is 17.2 Å². The van der Waals surface area contributed by atoms with E-state index in [1.807, 2.05) is 18.2 Å². The molecule has 26 heavy (non-hydrogen) atoms. The van der Waals surface area contributed by atoms with Crippen LogP contribution in [0.15, 0.2) is 47.5 Å². The lowest BCUT2D eigenvalue weighted by molar-refractivity contribution is -0.111. The zero-order chi connectivity index (χ0) is 18.7. The maximum Gasteiger partial charge on any atom is 0.185 e. The number of benzene rings is 2. The van der Waals surface area contributed by atoms with Gasteiger partial charge in [-0.25, -0.2) is 0 Å². The summed E-state index contributed by atoms with van der Waals surface area (Å²) in [7, 11) is 3.17. The van der Waals surface area contributed by atoms with Gasteiger partial charge < -0.3 is 19.7 Å². The maximum atomic E-state index is 12.7. The minimum Gasteiger partial charge on any atom is -0.504 e. The van der Waals surface area contributed by atoms with Gasteiger partial charge in [0.25, 0.3) is 0 Å². The van der Waals surface area contributed by atoms with Gasteiger partial charge >= 0.3 is 0 Å². The topological polar surface area (TPSA) is 76.0 Å². The summed E-state index contributed by atoms with van der Waals surface area (Å²) in [4.78, 5) is 12.7. The fourth-order valence-electron chi connectivity index (χ4n) is 2.92. The first-order valence-corrected chi connectivity index (χ1v) is 8.21. The summed E-state index contributed by atoms with van der Waals surface area (Å²) >= 11 is 0. The van der Waals surface area contributed by atoms with E-state index in [1.165, 1.54) is 12.1 Å². The Morgan fingerprint density at radius 2 is 1.38 bits per heavy atom. The molecule has 2 aromatic rings. The molecular formula is C21H20O5. The average molecular weight is 352 g/mol. The van der Waals surface area contributed by atoms with E-state index in [2.05, 4.69) is 0 Å². The van der Waals surface area contributed by atoms with E-state index in [-0.39, 0.29) is 17.3 Å². The summed E-state index contributed by atoms with van der Waals surface area (Å²) < 4.78 is 10.5. The van der Waals surface area contributed by atoms with Gasteiger partial charge in [0.05, 0.1) is 14.2 Å². The Labute approximate surface area is 151 Å². The number of methoxy groups -OCH3 is 2. The van der Waals surface area contributed by atoms with Gasteiger partial charge in [0.2, 0.25) is 0 Å². The molecule has 0 aromatic heterocycles. The number of Topliss-reactive ketones (excluding diaryl/α,β-unsaturated/α-hetero) is 1. The summed E-state index contributed by atoms with van der Waals surface area (Å²) in [6, 6.07) is 9.97. The molecule has 3 rings (SSSR count). The highest BCUT2D eigenvalue weighted by atomic mass is 16.5. The molecule has 1 fully saturated rings. The molecule has 2 N–H and O–H groups in total. The monoisotopic (exact) mass is 352 g/mol. The lowest BCUT2D eigenvalue weighted by Crippen LogP contribution is -1.96. The van der Waals surface area contributed by atoms with Crippen molar-refractivity contribution in [2.24, 2.45) is 0 Å². The number of phenols is 2. The second-order valence-corrected chi connectivity index (χ2v) is 6.06. The molecule has 1 saturated carbocycles. The Balaban J connectivity index is 1.88. The molecule has 0 amide bonds. The van der Waals surface area contributed by atoms with Gasteiger partial charge in [-0.05, 0) is 60.4 Å². The molecule has 2 aromatic carbocycles. The van der Waals surface area contributed by atoms with Gasteiger partial charge in [-0.2, -0.15) is 0 Å². The molecule has 5 heteroatoms. The lowest BCUT2D eigenvalue weighted by atomic mass is 10.1. The number of hydrogen-bond acceptors (Lipinski definition) is 5. The van der Waals surface area contributed by atoms with Crippen LogP contribution in [0.25, 0.3) is 12.2 Å². The third kappa shape index (κ3) is 3.72. The number of carbonyl (C=O) groups is 1. The van der Waals surface area contributed by atoms with Crippen LogP contribution in [-0.2, 0) is 4.79 Å². The molecule has 0 radical (unpaired) electrons. The van der Waals surface area contributed by atoms with E-state index in [0.29, 0.717) is 35.5 Å². The molecule has 0 bridgehead atoms. The zero-order valence-electron chi connectivity index (χ0n) is 14.7. The van der Waals surface area contributed by atoms with Crippen LogP contribution < -0.4 is 9.47 Å². The van der Waals surface area contributed by atoms with Crippen molar-refractivity contribution in [3.63, 3.8) is 0 Å². The molecule has 0 heterocycles. The SMILES string of the molecule is COc1cc(C=C2CC/C(=C\c3ccc(O)c(O)c3)C2=O)cc(OC)c1. The number of carbonyl (C=O) groups excluding carboxylic acids is 1. The normalized spacial score (nSPS) is 17.1. The largest absolute Gasteiger partial charge is 0.504 e. The smallest absolute Gasteiger partial charge is 0.185 e. The number of aromatic hydroxyl groups is 2. The number of phenolic OH excluding ortho intramolecular Hbond substituents is 2. The Hall–Kier alpha value is -3.21. The van der Waals surface area contributed by atoms with Crippen LogP contribution in [0.5, 0.6) is 23.0 Å². The molecule has 0 atom stereocenters. The summed E-state index contributed by atoms with van der Waals surface area (Å²) in [5.74, 6) is 0.926. The summed E-state index contributed by atoms with van der Waals surface area (Å²) in [5.41, 5.74) is 2.91. The maximum absolute atomic E-state index is 12.7. The first-order valence-electron chi connectivity index (χ1n) is 8.21. The van der Waals surface area contributed by atoms with E-state index < -0.39 is 0 Å². The van der Waals surface area contributed by atoms with Crippen LogP contribution in [0.2, 0.25) is 0 Å². The highest BCUT2D eigenvalue weighted by molar-refractivity contribution is 6.15. The summed E-state index contributed by atoms with van der Waals surface area (Å²) in [5, 5.41) is 19.0. The lowest BCUT2D eigenvalue weighted by Gasteiger charge is -2.06. The van der Waals surface area contributed by atoms with Crippen LogP contribution in [0, 0.1) is 0 Å². The number of ketones is 1. The summed E-state index contributed by atoms with van der Waals surface area (Å²) in [6.45, 7) is 0. The van der Waals surface area contributed by atoms with Gasteiger partial charge in [0.15, 0.2) is 17.3 Å². The minimum absolute atomic E-state index is 0.0145. The van der Waals surface area contributed by atoms with Crippen molar-refractivity contribution < 1.29 is 24.5 Å². The first kappa shape index (κ1) is 17.6. The van der Waals surface area contributed by atoms with Crippen molar-refractivity contribution in [2.75, 3.05) is 14.2 Å². The molecule has 5 nitrogen and oxygen atoms in total. The van der Waals surface area contributed by atoms with Crippen molar-refractivity contribution in [3.8, 4) is 23.0 Å². The Kier molecular flexibility index (Phi) is 4.98. The van der Waals surface area contributed by atoms with Gasteiger partial charge in [0.1, 0.15) is 11.5 Å². The van der Waals surface area contributed by atoms with Gasteiger partial charge in [-0.3, -0.25) is 4.79 Å². The second kappa shape index (κ2) is 7.35.